The zero-order valence-corrected chi connectivity index (χ0v) is 12.6. The highest BCUT2D eigenvalue weighted by Crippen LogP contribution is 2.40. The third kappa shape index (κ3) is 2.32. The van der Waals surface area contributed by atoms with Crippen molar-refractivity contribution in [1.29, 1.82) is 0 Å². The van der Waals surface area contributed by atoms with E-state index in [2.05, 4.69) is 0 Å². The van der Waals surface area contributed by atoms with Gasteiger partial charge in [-0.05, 0) is 23.4 Å². The van der Waals surface area contributed by atoms with Crippen LogP contribution in [-0.4, -0.2) is 6.04 Å². The summed E-state index contributed by atoms with van der Waals surface area (Å²) in [5, 5.41) is 1.87. The largest absolute Gasteiger partial charge is 0.483 e. The highest BCUT2D eigenvalue weighted by Gasteiger charge is 2.32. The van der Waals surface area contributed by atoms with E-state index in [0.29, 0.717) is 18.2 Å². The van der Waals surface area contributed by atoms with Crippen LogP contribution in [0.15, 0.2) is 48.5 Å². The Morgan fingerprint density at radius 1 is 0.917 bits per heavy atom. The first-order chi connectivity index (χ1) is 11.5. The van der Waals surface area contributed by atoms with Gasteiger partial charge in [-0.25, -0.2) is 13.2 Å². The molecule has 5 heteroatoms. The van der Waals surface area contributed by atoms with Crippen molar-refractivity contribution in [1.82, 2.24) is 0 Å². The van der Waals surface area contributed by atoms with Gasteiger partial charge in [0.25, 0.3) is 0 Å². The first kappa shape index (κ1) is 15.0. The van der Waals surface area contributed by atoms with E-state index in [9.17, 15) is 13.2 Å². The zero-order valence-electron chi connectivity index (χ0n) is 12.6. The molecule has 2 nitrogen and oxygen atoms in total. The van der Waals surface area contributed by atoms with Gasteiger partial charge in [-0.2, -0.15) is 0 Å². The minimum atomic E-state index is -1.23. The molecule has 0 aliphatic carbocycles. The number of fused-ring (bicyclic) bond motifs is 3. The molecule has 0 fully saturated rings. The molecule has 0 aromatic heterocycles. The second-order valence-corrected chi connectivity index (χ2v) is 5.97. The molecule has 3 aromatic carbocycles. The summed E-state index contributed by atoms with van der Waals surface area (Å²) in [6, 6.07) is 12.3. The quantitative estimate of drug-likeness (QED) is 0.677. The minimum Gasteiger partial charge on any atom is -0.483 e. The van der Waals surface area contributed by atoms with E-state index in [-0.39, 0.29) is 5.56 Å². The van der Waals surface area contributed by atoms with Crippen LogP contribution >= 0.6 is 0 Å². The number of ether oxygens (including phenoxy) is 1. The van der Waals surface area contributed by atoms with Gasteiger partial charge >= 0.3 is 0 Å². The van der Waals surface area contributed by atoms with Gasteiger partial charge in [-0.15, -0.1) is 0 Å². The molecule has 4 rings (SSSR count). The molecule has 0 saturated carbocycles. The molecule has 1 aliphatic rings. The maximum atomic E-state index is 14.1. The molecule has 0 saturated heterocycles. The molecule has 3 aromatic rings. The van der Waals surface area contributed by atoms with E-state index >= 15 is 0 Å². The Balaban J connectivity index is 1.84. The molecule has 0 unspecified atom stereocenters. The summed E-state index contributed by atoms with van der Waals surface area (Å²) >= 11 is 0. The summed E-state index contributed by atoms with van der Waals surface area (Å²) in [6.45, 7) is 0. The van der Waals surface area contributed by atoms with Crippen LogP contribution in [0.4, 0.5) is 13.2 Å². The topological polar surface area (TPSA) is 35.2 Å². The van der Waals surface area contributed by atoms with Crippen molar-refractivity contribution < 1.29 is 17.9 Å². The Morgan fingerprint density at radius 2 is 1.67 bits per heavy atom. The van der Waals surface area contributed by atoms with Crippen molar-refractivity contribution in [3.05, 3.63) is 77.1 Å². The molecule has 24 heavy (non-hydrogen) atoms. The van der Waals surface area contributed by atoms with Crippen molar-refractivity contribution in [3.63, 3.8) is 0 Å². The molecule has 2 N–H and O–H groups in total. The minimum absolute atomic E-state index is 0.0695. The Kier molecular flexibility index (Phi) is 3.46. The van der Waals surface area contributed by atoms with Crippen LogP contribution in [0.25, 0.3) is 10.8 Å². The molecule has 0 bridgehead atoms. The summed E-state index contributed by atoms with van der Waals surface area (Å²) < 4.78 is 46.8. The average Bonchev–Trinajstić information content (AvgIpc) is 2.57. The van der Waals surface area contributed by atoms with Crippen LogP contribution in [0.1, 0.15) is 17.2 Å². The SMILES string of the molecule is N[C@@H]1Cc2ccc3ccccc3c2O[C@H]1c1cc(F)c(F)cc1F. The number of nitrogens with two attached hydrogens (primary N) is 1. The van der Waals surface area contributed by atoms with E-state index in [1.165, 1.54) is 0 Å². The van der Waals surface area contributed by atoms with E-state index in [0.717, 1.165) is 22.4 Å². The Labute approximate surface area is 136 Å². The van der Waals surface area contributed by atoms with Gasteiger partial charge < -0.3 is 10.5 Å². The fourth-order valence-corrected chi connectivity index (χ4v) is 3.21. The lowest BCUT2D eigenvalue weighted by atomic mass is 9.91. The van der Waals surface area contributed by atoms with Gasteiger partial charge in [-0.1, -0.05) is 36.4 Å². The Morgan fingerprint density at radius 3 is 2.50 bits per heavy atom. The number of benzene rings is 3. The monoisotopic (exact) mass is 329 g/mol. The van der Waals surface area contributed by atoms with Crippen LogP contribution in [0, 0.1) is 17.5 Å². The van der Waals surface area contributed by atoms with Gasteiger partial charge in [0.2, 0.25) is 0 Å². The molecule has 0 spiro atoms. The maximum Gasteiger partial charge on any atom is 0.161 e. The van der Waals surface area contributed by atoms with Crippen molar-refractivity contribution in [2.45, 2.75) is 18.6 Å². The average molecular weight is 329 g/mol. The summed E-state index contributed by atoms with van der Waals surface area (Å²) in [6.07, 6.45) is -0.415. The van der Waals surface area contributed by atoms with Crippen molar-refractivity contribution in [3.8, 4) is 5.75 Å². The first-order valence-electron chi connectivity index (χ1n) is 7.62. The van der Waals surface area contributed by atoms with Gasteiger partial charge in [0.15, 0.2) is 11.6 Å². The lowest BCUT2D eigenvalue weighted by Crippen LogP contribution is -2.38. The van der Waals surface area contributed by atoms with Crippen molar-refractivity contribution in [2.75, 3.05) is 0 Å². The second-order valence-electron chi connectivity index (χ2n) is 5.97. The molecular weight excluding hydrogens is 315 g/mol. The highest BCUT2D eigenvalue weighted by molar-refractivity contribution is 5.89. The lowest BCUT2D eigenvalue weighted by molar-refractivity contribution is 0.151. The third-order valence-corrected chi connectivity index (χ3v) is 4.40. The van der Waals surface area contributed by atoms with Crippen LogP contribution in [0.3, 0.4) is 0 Å². The number of hydrogen-bond donors (Lipinski definition) is 1. The number of rotatable bonds is 1. The van der Waals surface area contributed by atoms with Crippen LogP contribution < -0.4 is 10.5 Å². The molecule has 1 aliphatic heterocycles. The molecule has 2 atom stereocenters. The van der Waals surface area contributed by atoms with E-state index in [4.69, 9.17) is 10.5 Å². The Bertz CT molecular complexity index is 941. The second kappa shape index (κ2) is 5.53. The molecular formula is C19H14F3NO. The van der Waals surface area contributed by atoms with Gasteiger partial charge in [0, 0.05) is 17.0 Å². The number of halogens is 3. The standard InChI is InChI=1S/C19H14F3NO/c20-14-9-16(22)15(21)8-13(14)19-17(23)7-11-6-5-10-3-1-2-4-12(10)18(11)24-19/h1-6,8-9,17,19H,7,23H2/t17-,19+/m1/s1. The predicted molar refractivity (Wildman–Crippen MR) is 85.3 cm³/mol. The van der Waals surface area contributed by atoms with E-state index < -0.39 is 29.6 Å². The lowest BCUT2D eigenvalue weighted by Gasteiger charge is -2.32. The van der Waals surface area contributed by atoms with Crippen molar-refractivity contribution in [2.24, 2.45) is 5.73 Å². The van der Waals surface area contributed by atoms with E-state index in [1.54, 1.807) is 0 Å². The van der Waals surface area contributed by atoms with Crippen LogP contribution in [0.2, 0.25) is 0 Å². The van der Waals surface area contributed by atoms with Crippen molar-refractivity contribution >= 4 is 10.8 Å². The van der Waals surface area contributed by atoms with Gasteiger partial charge in [-0.3, -0.25) is 0 Å². The smallest absolute Gasteiger partial charge is 0.161 e. The normalized spacial score (nSPS) is 19.8. The molecule has 1 heterocycles. The van der Waals surface area contributed by atoms with Gasteiger partial charge in [0.05, 0.1) is 6.04 Å². The maximum absolute atomic E-state index is 14.1. The fraction of sp³-hybridized carbons (Fsp3) is 0.158. The highest BCUT2D eigenvalue weighted by atomic mass is 19.2. The predicted octanol–water partition coefficient (Wildman–Crippen LogP) is 4.26. The summed E-state index contributed by atoms with van der Waals surface area (Å²) in [4.78, 5) is 0. The van der Waals surface area contributed by atoms with E-state index in [1.807, 2.05) is 36.4 Å². The Hall–Kier alpha value is -2.53. The fourth-order valence-electron chi connectivity index (χ4n) is 3.21. The summed E-state index contributed by atoms with van der Waals surface area (Å²) in [5.74, 6) is -2.60. The summed E-state index contributed by atoms with van der Waals surface area (Å²) in [5.41, 5.74) is 6.97. The summed E-state index contributed by atoms with van der Waals surface area (Å²) in [7, 11) is 0. The van der Waals surface area contributed by atoms with Crippen LogP contribution in [0.5, 0.6) is 5.75 Å². The first-order valence-corrected chi connectivity index (χ1v) is 7.62. The zero-order chi connectivity index (χ0) is 16.8. The molecule has 122 valence electrons. The third-order valence-electron chi connectivity index (χ3n) is 4.40. The van der Waals surface area contributed by atoms with Gasteiger partial charge in [0.1, 0.15) is 17.7 Å². The molecule has 0 radical (unpaired) electrons. The van der Waals surface area contributed by atoms with Crippen LogP contribution in [-0.2, 0) is 6.42 Å². The molecule has 0 amide bonds. The number of hydrogen-bond acceptors (Lipinski definition) is 2.